The number of nitrogens with zero attached hydrogens (tertiary/aromatic N) is 1. The Morgan fingerprint density at radius 3 is 2.80 bits per heavy atom. The lowest BCUT2D eigenvalue weighted by Crippen LogP contribution is -2.35. The molecule has 1 unspecified atom stereocenters. The van der Waals surface area contributed by atoms with E-state index in [0.29, 0.717) is 5.69 Å². The van der Waals surface area contributed by atoms with Gasteiger partial charge in [-0.1, -0.05) is 12.1 Å². The molecule has 0 spiro atoms. The van der Waals surface area contributed by atoms with Gasteiger partial charge in [0.2, 0.25) is 0 Å². The highest BCUT2D eigenvalue weighted by Crippen LogP contribution is 2.25. The molecule has 15 heavy (non-hydrogen) atoms. The normalized spacial score (nSPS) is 17.2. The first-order valence-electron chi connectivity index (χ1n) is 4.29. The highest BCUT2D eigenvalue weighted by atomic mass is 35.5. The Morgan fingerprint density at radius 1 is 1.40 bits per heavy atom. The molecule has 1 aliphatic rings. The minimum Gasteiger partial charge on any atom is -0.383 e. The average Bonchev–Trinajstić information content (AvgIpc) is 2.16. The van der Waals surface area contributed by atoms with Gasteiger partial charge >= 0.3 is 0 Å². The van der Waals surface area contributed by atoms with E-state index in [0.717, 1.165) is 24.2 Å². The standard InChI is InChI=1S/C10H11N3.2ClH/c1-12-9-2-3-10-7(5-9)4-8(11)6-13-10;;/h2-3,5,8,13H,4,6,11H2;2*1H. The first-order valence-corrected chi connectivity index (χ1v) is 4.29. The minimum atomic E-state index is 0. The number of rotatable bonds is 0. The van der Waals surface area contributed by atoms with Crippen molar-refractivity contribution in [3.63, 3.8) is 0 Å². The summed E-state index contributed by atoms with van der Waals surface area (Å²) in [5.41, 5.74) is 8.77. The number of halogens is 2. The highest BCUT2D eigenvalue weighted by Gasteiger charge is 2.14. The largest absolute Gasteiger partial charge is 0.383 e. The first kappa shape index (κ1) is 14.1. The molecule has 0 aliphatic carbocycles. The monoisotopic (exact) mass is 245 g/mol. The molecule has 0 saturated carbocycles. The number of nitrogens with two attached hydrogens (primary N) is 1. The summed E-state index contributed by atoms with van der Waals surface area (Å²) >= 11 is 0. The van der Waals surface area contributed by atoms with Gasteiger partial charge in [-0.05, 0) is 18.1 Å². The van der Waals surface area contributed by atoms with Gasteiger partial charge in [-0.25, -0.2) is 4.85 Å². The van der Waals surface area contributed by atoms with Crippen LogP contribution in [0.25, 0.3) is 4.85 Å². The molecule has 0 fully saturated rings. The van der Waals surface area contributed by atoms with Crippen molar-refractivity contribution in [2.45, 2.75) is 12.5 Å². The quantitative estimate of drug-likeness (QED) is 0.690. The van der Waals surface area contributed by atoms with E-state index in [1.54, 1.807) is 0 Å². The molecule has 1 aliphatic heterocycles. The molecule has 1 atom stereocenters. The molecule has 3 N–H and O–H groups in total. The van der Waals surface area contributed by atoms with Crippen molar-refractivity contribution < 1.29 is 0 Å². The van der Waals surface area contributed by atoms with Crippen LogP contribution in [0.3, 0.4) is 0 Å². The van der Waals surface area contributed by atoms with Gasteiger partial charge in [-0.2, -0.15) is 0 Å². The van der Waals surface area contributed by atoms with Crippen LogP contribution in [-0.4, -0.2) is 12.6 Å². The fraction of sp³-hybridized carbons (Fsp3) is 0.300. The Labute approximate surface area is 102 Å². The predicted octanol–water partition coefficient (Wildman–Crippen LogP) is 2.38. The maximum absolute atomic E-state index is 6.88. The Morgan fingerprint density at radius 2 is 2.13 bits per heavy atom. The SMILES string of the molecule is Cl.Cl.[C-]#[N+]c1ccc2c(c1)CC(N)CN2. The summed E-state index contributed by atoms with van der Waals surface area (Å²) in [6.45, 7) is 7.71. The van der Waals surface area contributed by atoms with Crippen LogP contribution in [0.5, 0.6) is 0 Å². The van der Waals surface area contributed by atoms with Crippen molar-refractivity contribution in [1.29, 1.82) is 0 Å². The average molecular weight is 246 g/mol. The third kappa shape index (κ3) is 3.00. The summed E-state index contributed by atoms with van der Waals surface area (Å²) in [5.74, 6) is 0. The molecule has 1 heterocycles. The van der Waals surface area contributed by atoms with Crippen LogP contribution in [0.15, 0.2) is 18.2 Å². The number of benzene rings is 1. The lowest BCUT2D eigenvalue weighted by Gasteiger charge is -2.23. The van der Waals surface area contributed by atoms with Crippen LogP contribution in [-0.2, 0) is 6.42 Å². The molecule has 1 aromatic carbocycles. The zero-order chi connectivity index (χ0) is 9.26. The minimum absolute atomic E-state index is 0. The fourth-order valence-electron chi connectivity index (χ4n) is 1.59. The van der Waals surface area contributed by atoms with Crippen LogP contribution in [0.4, 0.5) is 11.4 Å². The summed E-state index contributed by atoms with van der Waals surface area (Å²) in [6, 6.07) is 5.87. The summed E-state index contributed by atoms with van der Waals surface area (Å²) in [4.78, 5) is 3.39. The number of hydrogen-bond donors (Lipinski definition) is 2. The van der Waals surface area contributed by atoms with Crippen LogP contribution >= 0.6 is 24.8 Å². The van der Waals surface area contributed by atoms with Gasteiger partial charge in [0, 0.05) is 18.3 Å². The van der Waals surface area contributed by atoms with Gasteiger partial charge < -0.3 is 11.1 Å². The molecule has 0 saturated heterocycles. The topological polar surface area (TPSA) is 42.4 Å². The van der Waals surface area contributed by atoms with Crippen LogP contribution in [0.1, 0.15) is 5.56 Å². The van der Waals surface area contributed by atoms with E-state index in [-0.39, 0.29) is 30.9 Å². The second kappa shape index (κ2) is 5.82. The molecular weight excluding hydrogens is 233 g/mol. The van der Waals surface area contributed by atoms with E-state index in [2.05, 4.69) is 10.2 Å². The Hall–Kier alpha value is -0.950. The van der Waals surface area contributed by atoms with E-state index < -0.39 is 0 Å². The van der Waals surface area contributed by atoms with E-state index in [9.17, 15) is 0 Å². The first-order chi connectivity index (χ1) is 6.29. The van der Waals surface area contributed by atoms with Gasteiger partial charge in [0.15, 0.2) is 5.69 Å². The number of fused-ring (bicyclic) bond motifs is 1. The molecule has 5 heteroatoms. The summed E-state index contributed by atoms with van der Waals surface area (Å²) in [6.07, 6.45) is 0.867. The Bertz CT molecular complexity index is 373. The van der Waals surface area contributed by atoms with Crippen LogP contribution in [0, 0.1) is 6.57 Å². The number of nitrogens with one attached hydrogen (secondary N) is 1. The second-order valence-electron chi connectivity index (χ2n) is 3.30. The lowest BCUT2D eigenvalue weighted by molar-refractivity contribution is 0.680. The number of anilines is 1. The maximum atomic E-state index is 6.88. The fourth-order valence-corrected chi connectivity index (χ4v) is 1.59. The van der Waals surface area contributed by atoms with Gasteiger partial charge in [-0.3, -0.25) is 0 Å². The lowest BCUT2D eigenvalue weighted by atomic mass is 10.00. The predicted molar refractivity (Wildman–Crippen MR) is 67.4 cm³/mol. The maximum Gasteiger partial charge on any atom is 0.187 e. The van der Waals surface area contributed by atoms with Crippen molar-refractivity contribution in [3.05, 3.63) is 35.2 Å². The van der Waals surface area contributed by atoms with Gasteiger partial charge in [0.05, 0.1) is 6.57 Å². The molecule has 0 radical (unpaired) electrons. The third-order valence-corrected chi connectivity index (χ3v) is 2.25. The highest BCUT2D eigenvalue weighted by molar-refractivity contribution is 5.85. The molecule has 2 rings (SSSR count). The van der Waals surface area contributed by atoms with Crippen LogP contribution in [0.2, 0.25) is 0 Å². The zero-order valence-corrected chi connectivity index (χ0v) is 9.70. The van der Waals surface area contributed by atoms with Gasteiger partial charge in [0.25, 0.3) is 0 Å². The molecule has 1 aromatic rings. The summed E-state index contributed by atoms with van der Waals surface area (Å²) in [5, 5.41) is 3.24. The van der Waals surface area contributed by atoms with E-state index in [1.807, 2.05) is 18.2 Å². The second-order valence-corrected chi connectivity index (χ2v) is 3.30. The molecular formula is C10H13Cl2N3. The summed E-state index contributed by atoms with van der Waals surface area (Å²) < 4.78 is 0. The molecule has 82 valence electrons. The molecule has 3 nitrogen and oxygen atoms in total. The Balaban J connectivity index is 0.000000980. The smallest absolute Gasteiger partial charge is 0.187 e. The van der Waals surface area contributed by atoms with Crippen molar-refractivity contribution in [2.75, 3.05) is 11.9 Å². The molecule has 0 amide bonds. The van der Waals surface area contributed by atoms with Crippen molar-refractivity contribution in [3.8, 4) is 0 Å². The number of hydrogen-bond acceptors (Lipinski definition) is 2. The van der Waals surface area contributed by atoms with Crippen LogP contribution < -0.4 is 11.1 Å². The zero-order valence-electron chi connectivity index (χ0n) is 8.06. The molecule has 0 bridgehead atoms. The Kier molecular flexibility index (Phi) is 5.45. The van der Waals surface area contributed by atoms with E-state index in [4.69, 9.17) is 12.3 Å². The van der Waals surface area contributed by atoms with E-state index >= 15 is 0 Å². The third-order valence-electron chi connectivity index (χ3n) is 2.25. The van der Waals surface area contributed by atoms with E-state index in [1.165, 1.54) is 0 Å². The van der Waals surface area contributed by atoms with Gasteiger partial charge in [0.1, 0.15) is 0 Å². The molecule has 0 aromatic heterocycles. The van der Waals surface area contributed by atoms with Gasteiger partial charge in [-0.15, -0.1) is 24.8 Å². The van der Waals surface area contributed by atoms with Crippen molar-refractivity contribution in [1.82, 2.24) is 0 Å². The van der Waals surface area contributed by atoms with Crippen molar-refractivity contribution >= 4 is 36.2 Å². The van der Waals surface area contributed by atoms with Crippen molar-refractivity contribution in [2.24, 2.45) is 5.73 Å². The summed E-state index contributed by atoms with van der Waals surface area (Å²) in [7, 11) is 0.